The minimum atomic E-state index is -0.497. The molecule has 0 saturated heterocycles. The SMILES string of the molecule is C=C(C)CN(CC)c1ncccc1[C@@H](C)O. The highest BCUT2D eigenvalue weighted by atomic mass is 16.3. The van der Waals surface area contributed by atoms with Crippen LogP contribution in [0, 0.1) is 0 Å². The van der Waals surface area contributed by atoms with E-state index in [0.29, 0.717) is 0 Å². The van der Waals surface area contributed by atoms with Crippen molar-refractivity contribution in [1.29, 1.82) is 0 Å². The molecule has 0 amide bonds. The Balaban J connectivity index is 3.03. The zero-order valence-corrected chi connectivity index (χ0v) is 10.3. The van der Waals surface area contributed by atoms with Crippen LogP contribution in [0.3, 0.4) is 0 Å². The van der Waals surface area contributed by atoms with Crippen molar-refractivity contribution in [1.82, 2.24) is 4.98 Å². The number of likely N-dealkylation sites (N-methyl/N-ethyl adjacent to an activating group) is 1. The molecule has 3 heteroatoms. The lowest BCUT2D eigenvalue weighted by Gasteiger charge is -2.25. The lowest BCUT2D eigenvalue weighted by molar-refractivity contribution is 0.199. The van der Waals surface area contributed by atoms with Crippen molar-refractivity contribution < 1.29 is 5.11 Å². The lowest BCUT2D eigenvalue weighted by Crippen LogP contribution is -2.26. The first-order valence-corrected chi connectivity index (χ1v) is 5.58. The largest absolute Gasteiger partial charge is 0.389 e. The second kappa shape index (κ2) is 5.66. The van der Waals surface area contributed by atoms with Crippen molar-refractivity contribution >= 4 is 5.82 Å². The van der Waals surface area contributed by atoms with E-state index in [1.165, 1.54) is 0 Å². The molecule has 1 aromatic heterocycles. The van der Waals surface area contributed by atoms with E-state index in [4.69, 9.17) is 0 Å². The van der Waals surface area contributed by atoms with Gasteiger partial charge >= 0.3 is 0 Å². The van der Waals surface area contributed by atoms with Crippen LogP contribution >= 0.6 is 0 Å². The zero-order chi connectivity index (χ0) is 12.1. The van der Waals surface area contributed by atoms with Crippen LogP contribution in [0.5, 0.6) is 0 Å². The number of hydrogen-bond acceptors (Lipinski definition) is 3. The van der Waals surface area contributed by atoms with E-state index >= 15 is 0 Å². The Kier molecular flexibility index (Phi) is 4.50. The van der Waals surface area contributed by atoms with E-state index in [9.17, 15) is 5.11 Å². The van der Waals surface area contributed by atoms with Crippen LogP contribution in [-0.2, 0) is 0 Å². The Bertz CT molecular complexity index is 361. The summed E-state index contributed by atoms with van der Waals surface area (Å²) in [5.41, 5.74) is 1.95. The Labute approximate surface area is 97.4 Å². The third-order valence-electron chi connectivity index (χ3n) is 2.41. The summed E-state index contributed by atoms with van der Waals surface area (Å²) in [5.74, 6) is 0.850. The Hall–Kier alpha value is -1.35. The summed E-state index contributed by atoms with van der Waals surface area (Å²) in [7, 11) is 0. The van der Waals surface area contributed by atoms with Gasteiger partial charge in [-0.1, -0.05) is 18.2 Å². The molecule has 0 saturated carbocycles. The van der Waals surface area contributed by atoms with Gasteiger partial charge in [-0.05, 0) is 26.8 Å². The number of anilines is 1. The molecule has 0 unspecified atom stereocenters. The number of nitrogens with zero attached hydrogens (tertiary/aromatic N) is 2. The summed E-state index contributed by atoms with van der Waals surface area (Å²) in [6, 6.07) is 3.76. The van der Waals surface area contributed by atoms with E-state index in [1.807, 2.05) is 19.1 Å². The predicted molar refractivity (Wildman–Crippen MR) is 67.6 cm³/mol. The third-order valence-corrected chi connectivity index (χ3v) is 2.41. The molecule has 0 aliphatic rings. The summed E-state index contributed by atoms with van der Waals surface area (Å²) >= 11 is 0. The van der Waals surface area contributed by atoms with Crippen LogP contribution in [0.4, 0.5) is 5.82 Å². The first-order chi connectivity index (χ1) is 7.56. The lowest BCUT2D eigenvalue weighted by atomic mass is 10.1. The molecule has 0 bridgehead atoms. The fourth-order valence-corrected chi connectivity index (χ4v) is 1.66. The average Bonchev–Trinajstić information content (AvgIpc) is 2.25. The molecule has 0 aliphatic carbocycles. The van der Waals surface area contributed by atoms with Gasteiger partial charge in [-0.25, -0.2) is 4.98 Å². The second-order valence-electron chi connectivity index (χ2n) is 4.06. The molecule has 88 valence electrons. The standard InChI is InChI=1S/C13H20N2O/c1-5-15(9-10(2)3)13-12(11(4)16)7-6-8-14-13/h6-8,11,16H,2,5,9H2,1,3-4H3/t11-/m1/s1. The van der Waals surface area contributed by atoms with Gasteiger partial charge in [0.15, 0.2) is 0 Å². The molecule has 1 rings (SSSR count). The number of aromatic nitrogens is 1. The number of aliphatic hydroxyl groups is 1. The number of rotatable bonds is 5. The van der Waals surface area contributed by atoms with Gasteiger partial charge in [-0.3, -0.25) is 0 Å². The highest BCUT2D eigenvalue weighted by Crippen LogP contribution is 2.23. The maximum atomic E-state index is 9.69. The molecule has 1 aromatic rings. The quantitative estimate of drug-likeness (QED) is 0.775. The Morgan fingerprint density at radius 2 is 2.31 bits per heavy atom. The van der Waals surface area contributed by atoms with Crippen LogP contribution in [0.2, 0.25) is 0 Å². The van der Waals surface area contributed by atoms with E-state index in [1.54, 1.807) is 13.1 Å². The third kappa shape index (κ3) is 3.07. The topological polar surface area (TPSA) is 36.4 Å². The summed E-state index contributed by atoms with van der Waals surface area (Å²) in [6.45, 7) is 11.4. The Morgan fingerprint density at radius 3 is 2.81 bits per heavy atom. The van der Waals surface area contributed by atoms with Crippen molar-refractivity contribution in [2.45, 2.75) is 26.9 Å². The normalized spacial score (nSPS) is 12.2. The molecule has 1 heterocycles. The first kappa shape index (κ1) is 12.7. The smallest absolute Gasteiger partial charge is 0.134 e. The molecule has 1 N–H and O–H groups in total. The van der Waals surface area contributed by atoms with Gasteiger partial charge in [0.2, 0.25) is 0 Å². The van der Waals surface area contributed by atoms with Gasteiger partial charge in [0, 0.05) is 24.8 Å². The minimum Gasteiger partial charge on any atom is -0.389 e. The summed E-state index contributed by atoms with van der Waals surface area (Å²) in [6.07, 6.45) is 1.25. The van der Waals surface area contributed by atoms with Crippen molar-refractivity contribution in [3.05, 3.63) is 36.0 Å². The maximum Gasteiger partial charge on any atom is 0.134 e. The molecule has 0 aromatic carbocycles. The highest BCUT2D eigenvalue weighted by molar-refractivity contribution is 5.48. The van der Waals surface area contributed by atoms with E-state index in [0.717, 1.165) is 30.0 Å². The number of aliphatic hydroxyl groups excluding tert-OH is 1. The molecular weight excluding hydrogens is 200 g/mol. The van der Waals surface area contributed by atoms with Crippen LogP contribution in [0.15, 0.2) is 30.5 Å². The van der Waals surface area contributed by atoms with Crippen LogP contribution < -0.4 is 4.90 Å². The second-order valence-corrected chi connectivity index (χ2v) is 4.06. The fraction of sp³-hybridized carbons (Fsp3) is 0.462. The molecule has 0 fully saturated rings. The molecular formula is C13H20N2O. The summed E-state index contributed by atoms with van der Waals surface area (Å²) < 4.78 is 0. The van der Waals surface area contributed by atoms with Crippen molar-refractivity contribution in [3.8, 4) is 0 Å². The van der Waals surface area contributed by atoms with Crippen LogP contribution in [0.25, 0.3) is 0 Å². The molecule has 16 heavy (non-hydrogen) atoms. The van der Waals surface area contributed by atoms with E-state index < -0.39 is 6.10 Å². The predicted octanol–water partition coefficient (Wildman–Crippen LogP) is 2.54. The molecule has 3 nitrogen and oxygen atoms in total. The number of pyridine rings is 1. The van der Waals surface area contributed by atoms with Gasteiger partial charge in [0.1, 0.15) is 5.82 Å². The van der Waals surface area contributed by atoms with E-state index in [-0.39, 0.29) is 0 Å². The molecule has 1 atom stereocenters. The maximum absolute atomic E-state index is 9.69. The van der Waals surface area contributed by atoms with Gasteiger partial charge < -0.3 is 10.0 Å². The van der Waals surface area contributed by atoms with Crippen molar-refractivity contribution in [3.63, 3.8) is 0 Å². The van der Waals surface area contributed by atoms with Crippen LogP contribution in [-0.4, -0.2) is 23.2 Å². The van der Waals surface area contributed by atoms with Crippen molar-refractivity contribution in [2.24, 2.45) is 0 Å². The summed E-state index contributed by atoms with van der Waals surface area (Å²) in [5, 5.41) is 9.69. The average molecular weight is 220 g/mol. The van der Waals surface area contributed by atoms with Gasteiger partial charge in [-0.15, -0.1) is 0 Å². The van der Waals surface area contributed by atoms with Gasteiger partial charge in [0.25, 0.3) is 0 Å². The summed E-state index contributed by atoms with van der Waals surface area (Å²) in [4.78, 5) is 6.46. The molecule has 0 aliphatic heterocycles. The zero-order valence-electron chi connectivity index (χ0n) is 10.3. The van der Waals surface area contributed by atoms with Crippen molar-refractivity contribution in [2.75, 3.05) is 18.0 Å². The molecule has 0 radical (unpaired) electrons. The number of hydrogen-bond donors (Lipinski definition) is 1. The first-order valence-electron chi connectivity index (χ1n) is 5.58. The highest BCUT2D eigenvalue weighted by Gasteiger charge is 2.13. The molecule has 0 spiro atoms. The van der Waals surface area contributed by atoms with Gasteiger partial charge in [0.05, 0.1) is 6.10 Å². The monoisotopic (exact) mass is 220 g/mol. The van der Waals surface area contributed by atoms with Gasteiger partial charge in [-0.2, -0.15) is 0 Å². The van der Waals surface area contributed by atoms with E-state index in [2.05, 4.69) is 23.4 Å². The van der Waals surface area contributed by atoms with Crippen LogP contribution in [0.1, 0.15) is 32.4 Å². The fourth-order valence-electron chi connectivity index (χ4n) is 1.66. The Morgan fingerprint density at radius 1 is 1.62 bits per heavy atom. The minimum absolute atomic E-state index is 0.497.